The van der Waals surface area contributed by atoms with Crippen molar-refractivity contribution >= 4 is 30.4 Å². The van der Waals surface area contributed by atoms with Gasteiger partial charge in [-0.1, -0.05) is 92.7 Å². The first-order valence-electron chi connectivity index (χ1n) is 16.4. The van der Waals surface area contributed by atoms with E-state index in [0.29, 0.717) is 26.4 Å². The van der Waals surface area contributed by atoms with Gasteiger partial charge in [-0.25, -0.2) is 9.59 Å². The highest BCUT2D eigenvalue weighted by Crippen LogP contribution is 2.44. The maximum atomic E-state index is 13.4. The van der Waals surface area contributed by atoms with Crippen molar-refractivity contribution < 1.29 is 38.4 Å². The predicted molar refractivity (Wildman–Crippen MR) is 188 cm³/mol. The lowest BCUT2D eigenvalue weighted by Gasteiger charge is -2.26. The summed E-state index contributed by atoms with van der Waals surface area (Å²) < 4.78 is 21.7. The molecule has 0 aliphatic heterocycles. The summed E-state index contributed by atoms with van der Waals surface area (Å²) in [6, 6.07) is 23.2. The van der Waals surface area contributed by atoms with Crippen molar-refractivity contribution in [1.29, 1.82) is 0 Å². The average molecular weight is 698 g/mol. The Morgan fingerprint density at radius 2 is 1.35 bits per heavy atom. The van der Waals surface area contributed by atoms with Gasteiger partial charge in [0.05, 0.1) is 32.5 Å². The first-order chi connectivity index (χ1) is 23.3. The molecule has 0 heterocycles. The molecular weight excluding hydrogens is 650 g/mol. The lowest BCUT2D eigenvalue weighted by Crippen LogP contribution is -2.55. The van der Waals surface area contributed by atoms with Crippen LogP contribution in [0.5, 0.6) is 0 Å². The number of amides is 2. The molecule has 11 nitrogen and oxygen atoms in total. The van der Waals surface area contributed by atoms with Crippen molar-refractivity contribution in [2.45, 2.75) is 50.8 Å². The molecule has 1 aliphatic carbocycles. The molecule has 0 fully saturated rings. The van der Waals surface area contributed by atoms with Gasteiger partial charge in [0.2, 0.25) is 0 Å². The molecule has 3 aromatic rings. The Morgan fingerprint density at radius 1 is 0.776 bits per heavy atom. The molecule has 0 aromatic heterocycles. The molecule has 1 unspecified atom stereocenters. The highest BCUT2D eigenvalue weighted by molar-refractivity contribution is 5.88. The number of esters is 1. The number of benzene rings is 3. The lowest BCUT2D eigenvalue weighted by molar-refractivity contribution is -0.151. The highest BCUT2D eigenvalue weighted by Gasteiger charge is 2.33. The summed E-state index contributed by atoms with van der Waals surface area (Å²) in [6.07, 6.45) is -2.03. The van der Waals surface area contributed by atoms with Gasteiger partial charge in [0.25, 0.3) is 5.91 Å². The van der Waals surface area contributed by atoms with E-state index in [2.05, 4.69) is 22.8 Å². The van der Waals surface area contributed by atoms with Crippen molar-refractivity contribution in [2.24, 2.45) is 11.7 Å². The number of nitrogens with one attached hydrogen (secondary N) is 2. The highest BCUT2D eigenvalue weighted by atomic mass is 35.5. The topological polar surface area (TPSA) is 158 Å². The first-order valence-corrected chi connectivity index (χ1v) is 16.4. The Hall–Kier alpha value is -4.00. The van der Waals surface area contributed by atoms with Gasteiger partial charge in [-0.2, -0.15) is 0 Å². The minimum atomic E-state index is -1.69. The first kappa shape index (κ1) is 39.4. The number of carbonyl (C=O) groups excluding carboxylic acids is 3. The Bertz CT molecular complexity index is 1430. The molecule has 5 N–H and O–H groups in total. The van der Waals surface area contributed by atoms with Crippen LogP contribution in [-0.4, -0.2) is 87.4 Å². The number of alkyl carbamates (subject to hydrolysis) is 1. The smallest absolute Gasteiger partial charge is 0.407 e. The van der Waals surface area contributed by atoms with Crippen LogP contribution in [0.25, 0.3) is 11.1 Å². The number of hydrogen-bond donors (Lipinski definition) is 4. The third-order valence-corrected chi connectivity index (χ3v) is 8.01. The fourth-order valence-corrected chi connectivity index (χ4v) is 5.73. The van der Waals surface area contributed by atoms with Crippen molar-refractivity contribution in [3.8, 4) is 11.1 Å². The minimum absolute atomic E-state index is 0. The molecule has 266 valence electrons. The Labute approximate surface area is 294 Å². The minimum Gasteiger partial charge on any atom is -0.462 e. The van der Waals surface area contributed by atoms with E-state index in [4.69, 9.17) is 24.7 Å². The molecule has 0 bridgehead atoms. The number of aliphatic hydroxyl groups excluding tert-OH is 1. The number of carbonyl (C=O) groups is 3. The molecule has 0 saturated heterocycles. The van der Waals surface area contributed by atoms with E-state index in [-0.39, 0.29) is 56.9 Å². The predicted octanol–water partition coefficient (Wildman–Crippen LogP) is 3.99. The van der Waals surface area contributed by atoms with Crippen LogP contribution in [0.2, 0.25) is 0 Å². The van der Waals surface area contributed by atoms with Crippen LogP contribution in [0.1, 0.15) is 42.9 Å². The van der Waals surface area contributed by atoms with E-state index < -0.39 is 36.2 Å². The second-order valence-electron chi connectivity index (χ2n) is 12.1. The van der Waals surface area contributed by atoms with Crippen LogP contribution in [0.15, 0.2) is 78.9 Å². The van der Waals surface area contributed by atoms with Crippen molar-refractivity contribution in [3.63, 3.8) is 0 Å². The Balaban J connectivity index is 0.00000650. The Morgan fingerprint density at radius 3 is 1.96 bits per heavy atom. The van der Waals surface area contributed by atoms with Crippen LogP contribution in [0.4, 0.5) is 4.79 Å². The summed E-state index contributed by atoms with van der Waals surface area (Å²) in [5, 5.41) is 16.6. The monoisotopic (exact) mass is 697 g/mol. The van der Waals surface area contributed by atoms with Gasteiger partial charge in [-0.05, 0) is 46.6 Å². The van der Waals surface area contributed by atoms with Gasteiger partial charge < -0.3 is 40.4 Å². The van der Waals surface area contributed by atoms with Gasteiger partial charge in [-0.15, -0.1) is 12.4 Å². The maximum Gasteiger partial charge on any atom is 0.407 e. The molecule has 0 spiro atoms. The number of halogens is 1. The standard InChI is InChI=1S/C37H47N3O8.ClH/c1-25(2)22-33(36(43)47-21-20-46-19-18-45-17-16-38)39-35(42)34(41)32(23-26-10-4-3-5-11-26)40-37(44)48-24-31-29-14-8-6-12-27(29)28-13-7-9-15-30(28)31;/h3-15,25,31-34,41H,16-24,38H2,1-2H3,(H,39,42)(H,40,44);1H/t32?,33-,34+;/m1./s1. The zero-order valence-corrected chi connectivity index (χ0v) is 28.9. The van der Waals surface area contributed by atoms with Crippen LogP contribution >= 0.6 is 12.4 Å². The molecule has 4 rings (SSSR count). The molecule has 3 atom stereocenters. The summed E-state index contributed by atoms with van der Waals surface area (Å²) >= 11 is 0. The van der Waals surface area contributed by atoms with Crippen LogP contribution < -0.4 is 16.4 Å². The Kier molecular flexibility index (Phi) is 16.5. The van der Waals surface area contributed by atoms with Gasteiger partial charge in [0.1, 0.15) is 19.3 Å². The number of rotatable bonds is 19. The van der Waals surface area contributed by atoms with Gasteiger partial charge in [0.15, 0.2) is 6.10 Å². The van der Waals surface area contributed by atoms with Gasteiger partial charge in [0, 0.05) is 12.5 Å². The molecule has 49 heavy (non-hydrogen) atoms. The van der Waals surface area contributed by atoms with E-state index in [1.54, 1.807) is 0 Å². The number of nitrogens with two attached hydrogens (primary N) is 1. The average Bonchev–Trinajstić information content (AvgIpc) is 3.41. The number of fused-ring (bicyclic) bond motifs is 3. The third kappa shape index (κ3) is 11.8. The van der Waals surface area contributed by atoms with Crippen LogP contribution in [0.3, 0.4) is 0 Å². The number of hydrogen-bond acceptors (Lipinski definition) is 9. The zero-order chi connectivity index (χ0) is 34.3. The molecular formula is C37H48ClN3O8. The van der Waals surface area contributed by atoms with Crippen LogP contribution in [0, 0.1) is 5.92 Å². The zero-order valence-electron chi connectivity index (χ0n) is 28.0. The molecule has 1 aliphatic rings. The summed E-state index contributed by atoms with van der Waals surface area (Å²) in [6.45, 7) is 5.61. The van der Waals surface area contributed by atoms with E-state index >= 15 is 0 Å². The van der Waals surface area contributed by atoms with Crippen molar-refractivity contribution in [1.82, 2.24) is 10.6 Å². The fourth-order valence-electron chi connectivity index (χ4n) is 5.73. The SMILES string of the molecule is CC(C)C[C@@H](NC(=O)[C@@H](O)C(Cc1ccccc1)NC(=O)OCC1c2ccccc2-c2ccccc21)C(=O)OCCOCCOCCN.Cl. The molecule has 12 heteroatoms. The van der Waals surface area contributed by atoms with E-state index in [1.165, 1.54) is 0 Å². The van der Waals surface area contributed by atoms with Gasteiger partial charge in [-0.3, -0.25) is 4.79 Å². The normalized spacial score (nSPS) is 13.7. The number of ether oxygens (including phenoxy) is 4. The largest absolute Gasteiger partial charge is 0.462 e. The van der Waals surface area contributed by atoms with Gasteiger partial charge >= 0.3 is 12.1 Å². The fraction of sp³-hybridized carbons (Fsp3) is 0.432. The molecule has 0 radical (unpaired) electrons. The molecule has 2 amide bonds. The summed E-state index contributed by atoms with van der Waals surface area (Å²) in [5.41, 5.74) is 10.5. The van der Waals surface area contributed by atoms with E-state index in [9.17, 15) is 19.5 Å². The summed E-state index contributed by atoms with van der Waals surface area (Å²) in [7, 11) is 0. The van der Waals surface area contributed by atoms with E-state index in [0.717, 1.165) is 27.8 Å². The summed E-state index contributed by atoms with van der Waals surface area (Å²) in [5.74, 6) is -1.57. The second kappa shape index (κ2) is 20.5. The maximum absolute atomic E-state index is 13.4. The quantitative estimate of drug-likeness (QED) is 0.107. The molecule has 0 saturated carbocycles. The lowest BCUT2D eigenvalue weighted by atomic mass is 9.98. The summed E-state index contributed by atoms with van der Waals surface area (Å²) in [4.78, 5) is 39.5. The third-order valence-electron chi connectivity index (χ3n) is 8.01. The number of aliphatic hydroxyl groups is 1. The van der Waals surface area contributed by atoms with Crippen molar-refractivity contribution in [3.05, 3.63) is 95.6 Å². The molecule has 3 aromatic carbocycles. The van der Waals surface area contributed by atoms with Crippen molar-refractivity contribution in [2.75, 3.05) is 46.2 Å². The van der Waals surface area contributed by atoms with E-state index in [1.807, 2.05) is 80.6 Å². The van der Waals surface area contributed by atoms with Crippen LogP contribution in [-0.2, 0) is 35.0 Å². The second-order valence-corrected chi connectivity index (χ2v) is 12.1.